The number of hydrogen-bond acceptors (Lipinski definition) is 3. The number of aromatic nitrogens is 1. The first-order chi connectivity index (χ1) is 16.1. The minimum atomic E-state index is -0.811. The molecule has 1 aromatic heterocycles. The summed E-state index contributed by atoms with van der Waals surface area (Å²) < 4.78 is 33.9. The van der Waals surface area contributed by atoms with Crippen LogP contribution in [0.3, 0.4) is 0 Å². The predicted molar refractivity (Wildman–Crippen MR) is 124 cm³/mol. The van der Waals surface area contributed by atoms with Gasteiger partial charge < -0.3 is 9.64 Å². The number of anilines is 1. The Bertz CT molecular complexity index is 1220. The van der Waals surface area contributed by atoms with Gasteiger partial charge in [-0.15, -0.1) is 0 Å². The van der Waals surface area contributed by atoms with Gasteiger partial charge in [0.05, 0.1) is 31.0 Å². The lowest BCUT2D eigenvalue weighted by Crippen LogP contribution is -2.32. The number of para-hydroxylation sites is 1. The first-order valence-corrected chi connectivity index (χ1v) is 10.5. The van der Waals surface area contributed by atoms with Gasteiger partial charge in [0.1, 0.15) is 17.4 Å². The number of halogens is 2. The Morgan fingerprint density at radius 2 is 1.64 bits per heavy atom. The Morgan fingerprint density at radius 1 is 0.879 bits per heavy atom. The van der Waals surface area contributed by atoms with E-state index in [1.807, 2.05) is 54.6 Å². The van der Waals surface area contributed by atoms with Crippen LogP contribution in [-0.4, -0.2) is 17.5 Å². The average Bonchev–Trinajstić information content (AvgIpc) is 2.84. The summed E-state index contributed by atoms with van der Waals surface area (Å²) in [5, 5.41) is 0. The number of nitrogens with zero attached hydrogens (tertiary/aromatic N) is 2. The van der Waals surface area contributed by atoms with Crippen molar-refractivity contribution in [2.24, 2.45) is 0 Å². The van der Waals surface area contributed by atoms with Crippen molar-refractivity contribution in [1.82, 2.24) is 4.98 Å². The van der Waals surface area contributed by atoms with Gasteiger partial charge in [-0.25, -0.2) is 8.78 Å². The highest BCUT2D eigenvalue weighted by Gasteiger charge is 2.21. The van der Waals surface area contributed by atoms with Crippen molar-refractivity contribution in [2.75, 3.05) is 11.5 Å². The summed E-state index contributed by atoms with van der Waals surface area (Å²) in [6.45, 7) is 0.160. The zero-order chi connectivity index (χ0) is 23.0. The molecule has 3 aromatic carbocycles. The van der Waals surface area contributed by atoms with Crippen LogP contribution in [0.25, 0.3) is 11.1 Å². The first-order valence-electron chi connectivity index (χ1n) is 10.5. The van der Waals surface area contributed by atoms with E-state index in [1.54, 1.807) is 24.4 Å². The van der Waals surface area contributed by atoms with Gasteiger partial charge >= 0.3 is 0 Å². The molecule has 0 aliphatic heterocycles. The number of ether oxygens (including phenoxy) is 1. The minimum absolute atomic E-state index is 0.00302. The topological polar surface area (TPSA) is 42.4 Å². The number of amides is 1. The van der Waals surface area contributed by atoms with Crippen molar-refractivity contribution in [3.8, 4) is 16.9 Å². The van der Waals surface area contributed by atoms with Gasteiger partial charge in [0, 0.05) is 17.8 Å². The second-order valence-electron chi connectivity index (χ2n) is 7.36. The molecular formula is C27H22F2N2O2. The van der Waals surface area contributed by atoms with Crippen LogP contribution in [0.1, 0.15) is 12.1 Å². The maximum Gasteiger partial charge on any atom is 0.230 e. The molecule has 4 nitrogen and oxygen atoms in total. The maximum atomic E-state index is 14.5. The third kappa shape index (κ3) is 5.60. The Labute approximate surface area is 191 Å². The summed E-state index contributed by atoms with van der Waals surface area (Å²) in [5.41, 5.74) is 2.51. The van der Waals surface area contributed by atoms with Crippen molar-refractivity contribution in [1.29, 1.82) is 0 Å². The summed E-state index contributed by atoms with van der Waals surface area (Å²) in [6, 6.07) is 25.8. The number of hydrogen-bond donors (Lipinski definition) is 0. The van der Waals surface area contributed by atoms with Crippen LogP contribution in [0.4, 0.5) is 14.5 Å². The molecule has 0 unspecified atom stereocenters. The molecule has 0 saturated heterocycles. The van der Waals surface area contributed by atoms with E-state index >= 15 is 0 Å². The van der Waals surface area contributed by atoms with Gasteiger partial charge in [0.15, 0.2) is 0 Å². The van der Waals surface area contributed by atoms with Crippen LogP contribution in [0.2, 0.25) is 0 Å². The van der Waals surface area contributed by atoms with Crippen molar-refractivity contribution in [3.05, 3.63) is 115 Å². The van der Waals surface area contributed by atoms with Gasteiger partial charge in [-0.05, 0) is 35.9 Å². The smallest absolute Gasteiger partial charge is 0.230 e. The summed E-state index contributed by atoms with van der Waals surface area (Å²) in [6.07, 6.45) is 1.61. The van der Waals surface area contributed by atoms with E-state index in [1.165, 1.54) is 11.0 Å². The summed E-state index contributed by atoms with van der Waals surface area (Å²) in [4.78, 5) is 18.6. The molecule has 0 spiro atoms. The third-order valence-electron chi connectivity index (χ3n) is 5.09. The van der Waals surface area contributed by atoms with Crippen LogP contribution in [-0.2, 0) is 11.3 Å². The zero-order valence-electron chi connectivity index (χ0n) is 17.8. The Balaban J connectivity index is 1.50. The quantitative estimate of drug-likeness (QED) is 0.333. The molecule has 0 aliphatic rings. The molecule has 6 heteroatoms. The highest BCUT2D eigenvalue weighted by Crippen LogP contribution is 2.30. The van der Waals surface area contributed by atoms with Crippen LogP contribution in [0.15, 0.2) is 97.2 Å². The molecule has 1 amide bonds. The molecule has 4 rings (SSSR count). The average molecular weight is 444 g/mol. The molecule has 0 N–H and O–H groups in total. The lowest BCUT2D eigenvalue weighted by molar-refractivity contribution is -0.119. The van der Waals surface area contributed by atoms with Crippen molar-refractivity contribution in [2.45, 2.75) is 13.0 Å². The number of carbonyl (C=O) groups is 1. The minimum Gasteiger partial charge on any atom is -0.492 e. The zero-order valence-corrected chi connectivity index (χ0v) is 17.8. The third-order valence-corrected chi connectivity index (χ3v) is 5.09. The van der Waals surface area contributed by atoms with E-state index in [-0.39, 0.29) is 31.2 Å². The van der Waals surface area contributed by atoms with E-state index in [9.17, 15) is 13.6 Å². The largest absolute Gasteiger partial charge is 0.492 e. The summed E-state index contributed by atoms with van der Waals surface area (Å²) in [5.74, 6) is -1.22. The molecule has 33 heavy (non-hydrogen) atoms. The van der Waals surface area contributed by atoms with Gasteiger partial charge in [-0.1, -0.05) is 54.6 Å². The molecule has 0 bridgehead atoms. The standard InChI is InChI=1S/C27H22F2N2O2/c28-21-13-14-25(24(29)18-21)31(19-22-10-6-7-16-30-22)27(32)15-17-33-26-12-5-4-11-23(26)20-8-2-1-3-9-20/h1-14,16,18H,15,17,19H2. The highest BCUT2D eigenvalue weighted by atomic mass is 19.1. The molecule has 1 heterocycles. The molecule has 0 radical (unpaired) electrons. The van der Waals surface area contributed by atoms with Crippen molar-refractivity contribution < 1.29 is 18.3 Å². The van der Waals surface area contributed by atoms with Gasteiger partial charge in [0.25, 0.3) is 0 Å². The molecule has 166 valence electrons. The van der Waals surface area contributed by atoms with Crippen molar-refractivity contribution >= 4 is 11.6 Å². The Morgan fingerprint density at radius 3 is 2.39 bits per heavy atom. The fraction of sp³-hybridized carbons (Fsp3) is 0.111. The number of benzene rings is 3. The Hall–Kier alpha value is -4.06. The molecule has 0 fully saturated rings. The van der Waals surface area contributed by atoms with E-state index in [4.69, 9.17) is 4.74 Å². The summed E-state index contributed by atoms with van der Waals surface area (Å²) in [7, 11) is 0. The molecular weight excluding hydrogens is 422 g/mol. The summed E-state index contributed by atoms with van der Waals surface area (Å²) >= 11 is 0. The van der Waals surface area contributed by atoms with Gasteiger partial charge in [-0.3, -0.25) is 9.78 Å². The predicted octanol–water partition coefficient (Wildman–Crippen LogP) is 6.03. The SMILES string of the molecule is O=C(CCOc1ccccc1-c1ccccc1)N(Cc1ccccn1)c1ccc(F)cc1F. The van der Waals surface area contributed by atoms with Crippen LogP contribution in [0.5, 0.6) is 5.75 Å². The second-order valence-corrected chi connectivity index (χ2v) is 7.36. The molecule has 0 saturated carbocycles. The lowest BCUT2D eigenvalue weighted by atomic mass is 10.1. The van der Waals surface area contributed by atoms with Crippen molar-refractivity contribution in [3.63, 3.8) is 0 Å². The lowest BCUT2D eigenvalue weighted by Gasteiger charge is -2.23. The second kappa shape index (κ2) is 10.5. The number of carbonyl (C=O) groups excluding carboxylic acids is 1. The number of pyridine rings is 1. The monoisotopic (exact) mass is 444 g/mol. The molecule has 0 aliphatic carbocycles. The van der Waals surface area contributed by atoms with E-state index in [2.05, 4.69) is 4.98 Å². The van der Waals surface area contributed by atoms with Gasteiger partial charge in [0.2, 0.25) is 5.91 Å². The highest BCUT2D eigenvalue weighted by molar-refractivity contribution is 5.93. The first kappa shape index (κ1) is 22.1. The maximum absolute atomic E-state index is 14.5. The van der Waals surface area contributed by atoms with Gasteiger partial charge in [-0.2, -0.15) is 0 Å². The van der Waals surface area contributed by atoms with E-state index < -0.39 is 11.6 Å². The van der Waals surface area contributed by atoms with Crippen LogP contribution in [0, 0.1) is 11.6 Å². The number of rotatable bonds is 8. The molecule has 4 aromatic rings. The van der Waals surface area contributed by atoms with E-state index in [0.717, 1.165) is 23.3 Å². The fourth-order valence-electron chi connectivity index (χ4n) is 3.49. The Kier molecular flexibility index (Phi) is 7.05. The molecule has 0 atom stereocenters. The normalized spacial score (nSPS) is 10.6. The van der Waals surface area contributed by atoms with Crippen LogP contribution >= 0.6 is 0 Å². The van der Waals surface area contributed by atoms with E-state index in [0.29, 0.717) is 11.4 Å². The van der Waals surface area contributed by atoms with Crippen LogP contribution < -0.4 is 9.64 Å². The fourth-order valence-corrected chi connectivity index (χ4v) is 3.49.